The Bertz CT molecular complexity index is 1220. The quantitative estimate of drug-likeness (QED) is 0.489. The number of halogens is 1. The van der Waals surface area contributed by atoms with Crippen LogP contribution in [0, 0.1) is 18.7 Å². The number of benzene rings is 1. The molecule has 3 aromatic heterocycles. The molecule has 1 atom stereocenters. The fourth-order valence-electron chi connectivity index (χ4n) is 4.21. The van der Waals surface area contributed by atoms with Gasteiger partial charge in [0, 0.05) is 35.4 Å². The molecule has 1 aromatic carbocycles. The van der Waals surface area contributed by atoms with Crippen LogP contribution in [0.5, 0.6) is 0 Å². The van der Waals surface area contributed by atoms with Crippen LogP contribution in [-0.2, 0) is 0 Å². The van der Waals surface area contributed by atoms with Crippen molar-refractivity contribution in [3.63, 3.8) is 0 Å². The summed E-state index contributed by atoms with van der Waals surface area (Å²) in [5.74, 6) is 1.85. The van der Waals surface area contributed by atoms with Crippen LogP contribution in [0.4, 0.5) is 10.3 Å². The van der Waals surface area contributed by atoms with Crippen molar-refractivity contribution in [1.29, 1.82) is 0 Å². The molecule has 1 unspecified atom stereocenters. The van der Waals surface area contributed by atoms with Gasteiger partial charge in [0.05, 0.1) is 5.52 Å². The molecule has 6 nitrogen and oxygen atoms in total. The molecule has 7 heteroatoms. The highest BCUT2D eigenvalue weighted by Crippen LogP contribution is 2.35. The Hall–Kier alpha value is -2.96. The molecule has 1 saturated carbocycles. The first-order chi connectivity index (χ1) is 13.9. The number of aryl methyl sites for hydroxylation is 1. The topological polar surface area (TPSA) is 71.4 Å². The number of aromatic nitrogens is 5. The summed E-state index contributed by atoms with van der Waals surface area (Å²) in [4.78, 5) is 16.8. The van der Waals surface area contributed by atoms with Crippen molar-refractivity contribution in [2.45, 2.75) is 52.6 Å². The van der Waals surface area contributed by atoms with Crippen LogP contribution in [0.1, 0.15) is 45.5 Å². The smallest absolute Gasteiger partial charge is 0.224 e. The number of fused-ring (bicyclic) bond motifs is 2. The molecule has 0 bridgehead atoms. The molecule has 4 aromatic rings. The number of rotatable bonds is 5. The van der Waals surface area contributed by atoms with Gasteiger partial charge in [-0.05, 0) is 64.2 Å². The monoisotopic (exact) mass is 392 g/mol. The zero-order valence-electron chi connectivity index (χ0n) is 17.1. The molecule has 0 spiro atoms. The molecule has 3 heterocycles. The molecule has 1 aliphatic rings. The summed E-state index contributed by atoms with van der Waals surface area (Å²) in [6.45, 7) is 8.24. The second kappa shape index (κ2) is 6.54. The number of imidazole rings is 1. The average Bonchev–Trinajstić information content (AvgIpc) is 3.35. The molecule has 5 rings (SSSR count). The summed E-state index contributed by atoms with van der Waals surface area (Å²) in [6.07, 6.45) is 6.22. The first-order valence-electron chi connectivity index (χ1n) is 10.2. The lowest BCUT2D eigenvalue weighted by Crippen LogP contribution is -2.18. The van der Waals surface area contributed by atoms with Crippen molar-refractivity contribution in [3.8, 4) is 11.1 Å². The predicted molar refractivity (Wildman–Crippen MR) is 114 cm³/mol. The summed E-state index contributed by atoms with van der Waals surface area (Å²) in [7, 11) is 0. The normalized spacial score (nSPS) is 15.5. The fourth-order valence-corrected chi connectivity index (χ4v) is 4.21. The van der Waals surface area contributed by atoms with Crippen molar-refractivity contribution in [3.05, 3.63) is 36.2 Å². The zero-order valence-corrected chi connectivity index (χ0v) is 17.1. The number of H-pyrrole nitrogens is 1. The summed E-state index contributed by atoms with van der Waals surface area (Å²) in [6, 6.07) is 4.12. The van der Waals surface area contributed by atoms with Gasteiger partial charge in [-0.1, -0.05) is 0 Å². The standard InChI is InChI=1S/C22H25FN6/c1-11(2)29-13(4)27-20-18(23)7-15(8-19(20)29)16-9-24-21-17(16)10-25-22(28-21)26-12(3)14-5-6-14/h7-12,14H,5-6H2,1-4H3,(H2,24,25,26,28). The van der Waals surface area contributed by atoms with Gasteiger partial charge >= 0.3 is 0 Å². The lowest BCUT2D eigenvalue weighted by atomic mass is 10.1. The van der Waals surface area contributed by atoms with Crippen LogP contribution >= 0.6 is 0 Å². The maximum atomic E-state index is 14.9. The van der Waals surface area contributed by atoms with Gasteiger partial charge in [0.2, 0.25) is 5.95 Å². The number of aromatic amines is 1. The maximum absolute atomic E-state index is 14.9. The number of anilines is 1. The van der Waals surface area contributed by atoms with Gasteiger partial charge in [0.15, 0.2) is 5.82 Å². The molecule has 0 saturated heterocycles. The molecule has 150 valence electrons. The van der Waals surface area contributed by atoms with Crippen LogP contribution in [0.25, 0.3) is 33.2 Å². The SMILES string of the molecule is Cc1nc2c(F)cc(-c3c[nH]c4nc(NC(C)C5CC5)ncc34)cc2n1C(C)C. The predicted octanol–water partition coefficient (Wildman–Crippen LogP) is 5.21. The highest BCUT2D eigenvalue weighted by Gasteiger charge is 2.28. The molecule has 1 fully saturated rings. The summed E-state index contributed by atoms with van der Waals surface area (Å²) >= 11 is 0. The summed E-state index contributed by atoms with van der Waals surface area (Å²) < 4.78 is 16.9. The minimum Gasteiger partial charge on any atom is -0.351 e. The third-order valence-corrected chi connectivity index (χ3v) is 5.87. The first-order valence-corrected chi connectivity index (χ1v) is 10.2. The van der Waals surface area contributed by atoms with E-state index >= 15 is 0 Å². The third kappa shape index (κ3) is 3.05. The number of nitrogens with zero attached hydrogens (tertiary/aromatic N) is 4. The van der Waals surface area contributed by atoms with Gasteiger partial charge in [-0.2, -0.15) is 4.98 Å². The van der Waals surface area contributed by atoms with Crippen LogP contribution in [0.15, 0.2) is 24.5 Å². The van der Waals surface area contributed by atoms with Gasteiger partial charge < -0.3 is 14.9 Å². The van der Waals surface area contributed by atoms with Crippen LogP contribution in [0.2, 0.25) is 0 Å². The second-order valence-electron chi connectivity index (χ2n) is 8.38. The van der Waals surface area contributed by atoms with Crippen LogP contribution in [0.3, 0.4) is 0 Å². The van der Waals surface area contributed by atoms with E-state index in [2.05, 4.69) is 50.6 Å². The average molecular weight is 392 g/mol. The highest BCUT2D eigenvalue weighted by molar-refractivity contribution is 5.96. The number of hydrogen-bond acceptors (Lipinski definition) is 4. The largest absolute Gasteiger partial charge is 0.351 e. The molecular formula is C22H25FN6. The molecule has 0 amide bonds. The minimum atomic E-state index is -0.313. The lowest BCUT2D eigenvalue weighted by molar-refractivity contribution is 0.600. The molecule has 0 radical (unpaired) electrons. The van der Waals surface area contributed by atoms with Crippen molar-refractivity contribution in [2.24, 2.45) is 5.92 Å². The second-order valence-corrected chi connectivity index (χ2v) is 8.38. The molecule has 1 aliphatic carbocycles. The van der Waals surface area contributed by atoms with Gasteiger partial charge in [0.1, 0.15) is 17.0 Å². The highest BCUT2D eigenvalue weighted by atomic mass is 19.1. The zero-order chi connectivity index (χ0) is 20.3. The summed E-state index contributed by atoms with van der Waals surface area (Å²) in [5.41, 5.74) is 3.64. The fraction of sp³-hybridized carbons (Fsp3) is 0.409. The number of hydrogen-bond donors (Lipinski definition) is 2. The van der Waals surface area contributed by atoms with E-state index < -0.39 is 0 Å². The Morgan fingerprint density at radius 2 is 2.00 bits per heavy atom. The van der Waals surface area contributed by atoms with Crippen LogP contribution < -0.4 is 5.32 Å². The third-order valence-electron chi connectivity index (χ3n) is 5.87. The minimum absolute atomic E-state index is 0.197. The molecular weight excluding hydrogens is 367 g/mol. The van der Waals surface area contributed by atoms with Gasteiger partial charge in [-0.15, -0.1) is 0 Å². The number of nitrogens with one attached hydrogen (secondary N) is 2. The Morgan fingerprint density at radius 3 is 2.72 bits per heavy atom. The Balaban J connectivity index is 1.58. The summed E-state index contributed by atoms with van der Waals surface area (Å²) in [5, 5.41) is 4.26. The Labute approximate surface area is 168 Å². The van der Waals surface area contributed by atoms with E-state index in [1.807, 2.05) is 25.4 Å². The van der Waals surface area contributed by atoms with E-state index in [4.69, 9.17) is 0 Å². The Kier molecular flexibility index (Phi) is 4.08. The van der Waals surface area contributed by atoms with Gasteiger partial charge in [0.25, 0.3) is 0 Å². The molecule has 29 heavy (non-hydrogen) atoms. The van der Waals surface area contributed by atoms with Gasteiger partial charge in [-0.3, -0.25) is 0 Å². The van der Waals surface area contributed by atoms with Crippen molar-refractivity contribution in [2.75, 3.05) is 5.32 Å². The lowest BCUT2D eigenvalue weighted by Gasteiger charge is -2.12. The molecule has 0 aliphatic heterocycles. The van der Waals surface area contributed by atoms with E-state index in [0.29, 0.717) is 17.5 Å². The van der Waals surface area contributed by atoms with Crippen molar-refractivity contribution >= 4 is 28.0 Å². The first kappa shape index (κ1) is 18.1. The van der Waals surface area contributed by atoms with E-state index in [1.54, 1.807) is 6.07 Å². The van der Waals surface area contributed by atoms with E-state index in [0.717, 1.165) is 39.4 Å². The van der Waals surface area contributed by atoms with Crippen LogP contribution in [-0.4, -0.2) is 30.5 Å². The van der Waals surface area contributed by atoms with E-state index in [-0.39, 0.29) is 11.9 Å². The van der Waals surface area contributed by atoms with E-state index in [9.17, 15) is 4.39 Å². The molecule has 2 N–H and O–H groups in total. The maximum Gasteiger partial charge on any atom is 0.224 e. The Morgan fingerprint density at radius 1 is 1.21 bits per heavy atom. The van der Waals surface area contributed by atoms with Gasteiger partial charge in [-0.25, -0.2) is 14.4 Å². The van der Waals surface area contributed by atoms with E-state index in [1.165, 1.54) is 12.8 Å². The van der Waals surface area contributed by atoms with Crippen molar-refractivity contribution in [1.82, 2.24) is 24.5 Å². The van der Waals surface area contributed by atoms with Crippen molar-refractivity contribution < 1.29 is 4.39 Å².